The van der Waals surface area contributed by atoms with Crippen LogP contribution in [0.25, 0.3) is 33.7 Å². The molecule has 0 aliphatic carbocycles. The molecular formula is C21H11FN4O4S. The Morgan fingerprint density at radius 3 is 2.61 bits per heavy atom. The van der Waals surface area contributed by atoms with Crippen LogP contribution in [0.4, 0.5) is 10.1 Å². The number of halogens is 1. The van der Waals surface area contributed by atoms with Crippen molar-refractivity contribution in [1.29, 1.82) is 0 Å². The summed E-state index contributed by atoms with van der Waals surface area (Å²) < 4.78 is 20.4. The van der Waals surface area contributed by atoms with Crippen molar-refractivity contribution in [3.63, 3.8) is 0 Å². The molecule has 0 N–H and O–H groups in total. The summed E-state index contributed by atoms with van der Waals surface area (Å²) in [5, 5.41) is 15.4. The summed E-state index contributed by atoms with van der Waals surface area (Å²) >= 11 is 1.13. The second kappa shape index (κ2) is 7.26. The van der Waals surface area contributed by atoms with E-state index in [1.54, 1.807) is 48.5 Å². The van der Waals surface area contributed by atoms with Crippen molar-refractivity contribution < 1.29 is 13.7 Å². The summed E-state index contributed by atoms with van der Waals surface area (Å²) in [5.41, 5.74) is 0.507. The summed E-state index contributed by atoms with van der Waals surface area (Å²) in [4.78, 5) is 28.2. The van der Waals surface area contributed by atoms with Crippen LogP contribution < -0.4 is 10.1 Å². The van der Waals surface area contributed by atoms with Gasteiger partial charge in [-0.3, -0.25) is 14.9 Å². The molecule has 0 saturated carbocycles. The van der Waals surface area contributed by atoms with Crippen molar-refractivity contribution in [2.24, 2.45) is 0 Å². The zero-order valence-electron chi connectivity index (χ0n) is 15.6. The fourth-order valence-electron chi connectivity index (χ4n) is 3.10. The highest BCUT2D eigenvalue weighted by molar-refractivity contribution is 7.15. The van der Waals surface area contributed by atoms with Crippen molar-refractivity contribution in [3.05, 3.63) is 97.2 Å². The normalized spacial score (nSPS) is 12.0. The molecule has 0 radical (unpaired) electrons. The Hall–Kier alpha value is -4.18. The number of para-hydroxylation sites is 1. The van der Waals surface area contributed by atoms with Crippen molar-refractivity contribution >= 4 is 28.1 Å². The van der Waals surface area contributed by atoms with Crippen LogP contribution in [0.5, 0.6) is 0 Å². The maximum atomic E-state index is 13.1. The van der Waals surface area contributed by atoms with Gasteiger partial charge >= 0.3 is 0 Å². The molecule has 0 bridgehead atoms. The Kier molecular flexibility index (Phi) is 4.41. The Labute approximate surface area is 176 Å². The van der Waals surface area contributed by atoms with Gasteiger partial charge in [0.25, 0.3) is 11.2 Å². The van der Waals surface area contributed by atoms with E-state index < -0.39 is 4.92 Å². The topological polar surface area (TPSA) is 104 Å². The van der Waals surface area contributed by atoms with Crippen LogP contribution in [0.1, 0.15) is 5.76 Å². The van der Waals surface area contributed by atoms with Crippen molar-refractivity contribution in [2.45, 2.75) is 0 Å². The van der Waals surface area contributed by atoms with Gasteiger partial charge in [0.2, 0.25) is 4.96 Å². The van der Waals surface area contributed by atoms with Gasteiger partial charge in [0.1, 0.15) is 21.9 Å². The van der Waals surface area contributed by atoms with Gasteiger partial charge in [-0.2, -0.15) is 9.50 Å². The molecule has 3 aromatic heterocycles. The van der Waals surface area contributed by atoms with Crippen LogP contribution in [0.3, 0.4) is 0 Å². The van der Waals surface area contributed by atoms with E-state index in [0.29, 0.717) is 38.0 Å². The molecule has 0 spiro atoms. The molecule has 5 rings (SSSR count). The van der Waals surface area contributed by atoms with Gasteiger partial charge in [0.15, 0.2) is 5.82 Å². The molecule has 0 aliphatic rings. The lowest BCUT2D eigenvalue weighted by Crippen LogP contribution is -2.23. The summed E-state index contributed by atoms with van der Waals surface area (Å²) in [6.07, 6.45) is 1.54. The number of nitrogens with zero attached hydrogens (tertiary/aromatic N) is 4. The smallest absolute Gasteiger partial charge is 0.291 e. The van der Waals surface area contributed by atoms with Gasteiger partial charge in [0.05, 0.1) is 10.5 Å². The molecule has 2 aromatic carbocycles. The lowest BCUT2D eigenvalue weighted by molar-refractivity contribution is -0.384. The first-order valence-electron chi connectivity index (χ1n) is 9.00. The zero-order chi connectivity index (χ0) is 21.5. The van der Waals surface area contributed by atoms with Gasteiger partial charge in [-0.15, -0.1) is 5.10 Å². The third kappa shape index (κ3) is 3.38. The second-order valence-corrected chi connectivity index (χ2v) is 7.54. The Morgan fingerprint density at radius 2 is 1.87 bits per heavy atom. The SMILES string of the molecule is O=c1c(=Cc2ccc(-c3ccccc3[N+](=O)[O-])o2)sc2nc(-c3ccc(F)cc3)nn12. The molecule has 0 unspecified atom stereocenters. The highest BCUT2D eigenvalue weighted by atomic mass is 32.1. The van der Waals surface area contributed by atoms with Crippen molar-refractivity contribution in [3.8, 4) is 22.7 Å². The largest absolute Gasteiger partial charge is 0.456 e. The fraction of sp³-hybridized carbons (Fsp3) is 0. The van der Waals surface area contributed by atoms with Crippen molar-refractivity contribution in [2.75, 3.05) is 0 Å². The standard InChI is InChI=1S/C21H11FN4O4S/c22-13-7-5-12(6-8-13)19-23-21-25(24-19)20(27)18(31-21)11-14-9-10-17(30-14)15-3-1-2-4-16(15)26(28)29/h1-11H. The van der Waals surface area contributed by atoms with Gasteiger partial charge in [0, 0.05) is 17.7 Å². The molecule has 3 heterocycles. The highest BCUT2D eigenvalue weighted by Gasteiger charge is 2.17. The molecule has 0 saturated heterocycles. The van der Waals surface area contributed by atoms with Crippen LogP contribution in [-0.4, -0.2) is 19.5 Å². The molecule has 8 nitrogen and oxygen atoms in total. The summed E-state index contributed by atoms with van der Waals surface area (Å²) in [7, 11) is 0. The second-order valence-electron chi connectivity index (χ2n) is 6.53. The van der Waals surface area contributed by atoms with Crippen LogP contribution >= 0.6 is 11.3 Å². The maximum absolute atomic E-state index is 13.1. The number of fused-ring (bicyclic) bond motifs is 1. The molecule has 10 heteroatoms. The predicted octanol–water partition coefficient (Wildman–Crippen LogP) is 3.67. The molecule has 0 amide bonds. The van der Waals surface area contributed by atoms with E-state index in [0.717, 1.165) is 11.3 Å². The van der Waals surface area contributed by atoms with Gasteiger partial charge in [-0.05, 0) is 42.5 Å². The van der Waals surface area contributed by atoms with Crippen LogP contribution in [-0.2, 0) is 0 Å². The van der Waals surface area contributed by atoms with Crippen LogP contribution in [0.2, 0.25) is 0 Å². The minimum atomic E-state index is -0.477. The lowest BCUT2D eigenvalue weighted by atomic mass is 10.1. The van der Waals surface area contributed by atoms with E-state index in [9.17, 15) is 19.3 Å². The average molecular weight is 434 g/mol. The van der Waals surface area contributed by atoms with Crippen LogP contribution in [0.15, 0.2) is 69.9 Å². The number of nitro groups is 1. The minimum absolute atomic E-state index is 0.0694. The van der Waals surface area contributed by atoms with Gasteiger partial charge in [-0.1, -0.05) is 23.5 Å². The van der Waals surface area contributed by atoms with E-state index in [4.69, 9.17) is 4.42 Å². The number of benzene rings is 2. The first-order chi connectivity index (χ1) is 15.0. The van der Waals surface area contributed by atoms with E-state index in [1.807, 2.05) is 0 Å². The Bertz CT molecular complexity index is 1550. The first-order valence-corrected chi connectivity index (χ1v) is 9.82. The minimum Gasteiger partial charge on any atom is -0.456 e. The quantitative estimate of drug-likeness (QED) is 0.316. The van der Waals surface area contributed by atoms with Gasteiger partial charge in [-0.25, -0.2) is 4.39 Å². The van der Waals surface area contributed by atoms with E-state index in [1.165, 1.54) is 22.7 Å². The average Bonchev–Trinajstić information content (AvgIpc) is 3.46. The molecule has 5 aromatic rings. The molecule has 0 atom stereocenters. The summed E-state index contributed by atoms with van der Waals surface area (Å²) in [6, 6.07) is 15.2. The number of nitro benzene ring substituents is 1. The van der Waals surface area contributed by atoms with Crippen LogP contribution in [0, 0.1) is 15.9 Å². The summed E-state index contributed by atoms with van der Waals surface area (Å²) in [5.74, 6) is 0.647. The van der Waals surface area contributed by atoms with Crippen molar-refractivity contribution in [1.82, 2.24) is 14.6 Å². The summed E-state index contributed by atoms with van der Waals surface area (Å²) in [6.45, 7) is 0. The molecule has 0 fully saturated rings. The monoisotopic (exact) mass is 434 g/mol. The zero-order valence-corrected chi connectivity index (χ0v) is 16.4. The highest BCUT2D eigenvalue weighted by Crippen LogP contribution is 2.31. The molecule has 31 heavy (non-hydrogen) atoms. The fourth-order valence-corrected chi connectivity index (χ4v) is 3.99. The van der Waals surface area contributed by atoms with E-state index in [-0.39, 0.29) is 17.1 Å². The maximum Gasteiger partial charge on any atom is 0.291 e. The molecular weight excluding hydrogens is 423 g/mol. The number of hydrogen-bond acceptors (Lipinski definition) is 7. The number of thiazole rings is 1. The van der Waals surface area contributed by atoms with Gasteiger partial charge < -0.3 is 4.42 Å². The molecule has 152 valence electrons. The lowest BCUT2D eigenvalue weighted by Gasteiger charge is -1.98. The first kappa shape index (κ1) is 18.8. The predicted molar refractivity (Wildman–Crippen MR) is 112 cm³/mol. The number of hydrogen-bond donors (Lipinski definition) is 0. The molecule has 0 aliphatic heterocycles. The third-order valence-corrected chi connectivity index (χ3v) is 5.51. The van der Waals surface area contributed by atoms with E-state index in [2.05, 4.69) is 10.1 Å². The Morgan fingerprint density at radius 1 is 1.10 bits per heavy atom. The van der Waals surface area contributed by atoms with E-state index >= 15 is 0 Å². The number of rotatable bonds is 4. The third-order valence-electron chi connectivity index (χ3n) is 4.55. The number of furan rings is 1. The number of aromatic nitrogens is 3. The Balaban J connectivity index is 1.52.